The number of amides is 2. The fourth-order valence-corrected chi connectivity index (χ4v) is 3.76. The van der Waals surface area contributed by atoms with Crippen LogP contribution in [-0.2, 0) is 4.79 Å². The highest BCUT2D eigenvalue weighted by molar-refractivity contribution is 14.1. The Morgan fingerprint density at radius 2 is 2.07 bits per heavy atom. The smallest absolute Gasteiger partial charge is 0.279 e. The van der Waals surface area contributed by atoms with Crippen molar-refractivity contribution in [3.63, 3.8) is 0 Å². The summed E-state index contributed by atoms with van der Waals surface area (Å²) < 4.78 is 6.03. The standard InChI is InChI=1S/C19H15IN2O4S/c1-2-26-14-9-11(8-13(20)16(14)23)10-15-18(25)22-19(27-15)21-17(24)12-6-4-3-5-7-12/h3-10,23H,2H2,1H3,(H,21,22,24,25)/b15-10-. The summed E-state index contributed by atoms with van der Waals surface area (Å²) in [5, 5.41) is 12.8. The maximum Gasteiger partial charge on any atom is 0.279 e. The molecule has 0 aromatic heterocycles. The number of nitrogens with one attached hydrogen (secondary N) is 1. The van der Waals surface area contributed by atoms with Crippen LogP contribution in [0, 0.1) is 3.57 Å². The molecule has 0 saturated carbocycles. The molecule has 2 amide bonds. The average Bonchev–Trinajstić information content (AvgIpc) is 2.99. The molecule has 2 aromatic rings. The molecule has 3 rings (SSSR count). The number of hydrogen-bond donors (Lipinski definition) is 2. The van der Waals surface area contributed by atoms with Crippen LogP contribution in [0.2, 0.25) is 0 Å². The summed E-state index contributed by atoms with van der Waals surface area (Å²) in [4.78, 5) is 28.7. The lowest BCUT2D eigenvalue weighted by Crippen LogP contribution is -2.20. The molecule has 2 aromatic carbocycles. The fraction of sp³-hybridized carbons (Fsp3) is 0.105. The number of ether oxygens (including phenoxy) is 1. The van der Waals surface area contributed by atoms with Gasteiger partial charge in [-0.3, -0.25) is 9.59 Å². The summed E-state index contributed by atoms with van der Waals surface area (Å²) in [5.41, 5.74) is 1.15. The van der Waals surface area contributed by atoms with Crippen LogP contribution < -0.4 is 10.1 Å². The zero-order valence-electron chi connectivity index (χ0n) is 14.2. The summed E-state index contributed by atoms with van der Waals surface area (Å²) >= 11 is 3.09. The highest BCUT2D eigenvalue weighted by Gasteiger charge is 2.25. The molecule has 0 unspecified atom stereocenters. The van der Waals surface area contributed by atoms with Gasteiger partial charge in [0.1, 0.15) is 0 Å². The number of hydrogen-bond acceptors (Lipinski definition) is 5. The number of phenols is 1. The maximum atomic E-state index is 12.2. The SMILES string of the molecule is CCOc1cc(/C=C2\SC(=NC(=O)c3ccccc3)NC2=O)cc(I)c1O. The number of thioether (sulfide) groups is 1. The lowest BCUT2D eigenvalue weighted by molar-refractivity contribution is -0.115. The van der Waals surface area contributed by atoms with E-state index in [1.165, 1.54) is 0 Å². The molecule has 6 nitrogen and oxygen atoms in total. The van der Waals surface area contributed by atoms with E-state index in [-0.39, 0.29) is 16.8 Å². The molecule has 2 N–H and O–H groups in total. The first-order valence-corrected chi connectivity index (χ1v) is 9.91. The molecule has 138 valence electrons. The molecule has 0 spiro atoms. The fourth-order valence-electron chi connectivity index (χ4n) is 2.31. The molecule has 27 heavy (non-hydrogen) atoms. The zero-order valence-corrected chi connectivity index (χ0v) is 17.2. The third kappa shape index (κ3) is 4.69. The van der Waals surface area contributed by atoms with Gasteiger partial charge in [-0.2, -0.15) is 4.99 Å². The van der Waals surface area contributed by atoms with Crippen LogP contribution in [0.5, 0.6) is 11.5 Å². The second-order valence-corrected chi connectivity index (χ2v) is 7.63. The highest BCUT2D eigenvalue weighted by Crippen LogP contribution is 2.35. The van der Waals surface area contributed by atoms with E-state index in [2.05, 4.69) is 10.3 Å². The van der Waals surface area contributed by atoms with Crippen molar-refractivity contribution >= 4 is 57.4 Å². The number of carbonyl (C=O) groups excluding carboxylic acids is 2. The van der Waals surface area contributed by atoms with Crippen molar-refractivity contribution in [2.24, 2.45) is 4.99 Å². The van der Waals surface area contributed by atoms with Crippen molar-refractivity contribution in [1.82, 2.24) is 5.32 Å². The topological polar surface area (TPSA) is 88.0 Å². The molecule has 1 heterocycles. The Kier molecular flexibility index (Phi) is 6.17. The van der Waals surface area contributed by atoms with E-state index >= 15 is 0 Å². The minimum atomic E-state index is -0.419. The van der Waals surface area contributed by atoms with Gasteiger partial charge in [-0.05, 0) is 77.2 Å². The second-order valence-electron chi connectivity index (χ2n) is 5.44. The van der Waals surface area contributed by atoms with Crippen LogP contribution in [0.25, 0.3) is 6.08 Å². The predicted molar refractivity (Wildman–Crippen MR) is 114 cm³/mol. The molecule has 0 aliphatic carbocycles. The lowest BCUT2D eigenvalue weighted by Gasteiger charge is -2.08. The Hall–Kier alpha value is -2.33. The van der Waals surface area contributed by atoms with E-state index in [1.807, 2.05) is 35.6 Å². The van der Waals surface area contributed by atoms with Crippen molar-refractivity contribution in [3.05, 3.63) is 62.1 Å². The van der Waals surface area contributed by atoms with Crippen LogP contribution in [0.4, 0.5) is 0 Å². The Bertz CT molecular complexity index is 958. The van der Waals surface area contributed by atoms with Crippen LogP contribution in [-0.4, -0.2) is 28.7 Å². The first kappa shape index (κ1) is 19.4. The maximum absolute atomic E-state index is 12.2. The summed E-state index contributed by atoms with van der Waals surface area (Å²) in [5.74, 6) is -0.329. The molecule has 1 fully saturated rings. The monoisotopic (exact) mass is 494 g/mol. The van der Waals surface area contributed by atoms with Crippen molar-refractivity contribution in [3.8, 4) is 11.5 Å². The molecule has 0 bridgehead atoms. The van der Waals surface area contributed by atoms with Crippen LogP contribution in [0.1, 0.15) is 22.8 Å². The van der Waals surface area contributed by atoms with E-state index in [1.54, 1.807) is 42.5 Å². The van der Waals surface area contributed by atoms with Crippen LogP contribution in [0.3, 0.4) is 0 Å². The molecule has 1 saturated heterocycles. The summed E-state index contributed by atoms with van der Waals surface area (Å²) in [6, 6.07) is 12.0. The van der Waals surface area contributed by atoms with Gasteiger partial charge < -0.3 is 15.2 Å². The van der Waals surface area contributed by atoms with Crippen molar-refractivity contribution in [2.45, 2.75) is 6.92 Å². The molecule has 1 aliphatic heterocycles. The van der Waals surface area contributed by atoms with E-state index in [0.29, 0.717) is 32.0 Å². The van der Waals surface area contributed by atoms with Gasteiger partial charge in [-0.1, -0.05) is 18.2 Å². The Morgan fingerprint density at radius 3 is 2.78 bits per heavy atom. The van der Waals surface area contributed by atoms with Gasteiger partial charge >= 0.3 is 0 Å². The van der Waals surface area contributed by atoms with Gasteiger partial charge in [0.25, 0.3) is 11.8 Å². The largest absolute Gasteiger partial charge is 0.504 e. The average molecular weight is 494 g/mol. The van der Waals surface area contributed by atoms with Crippen molar-refractivity contribution < 1.29 is 19.4 Å². The molecule has 0 radical (unpaired) electrons. The summed E-state index contributed by atoms with van der Waals surface area (Å²) in [6.45, 7) is 2.24. The summed E-state index contributed by atoms with van der Waals surface area (Å²) in [6.07, 6.45) is 1.67. The number of nitrogens with zero attached hydrogens (tertiary/aromatic N) is 1. The van der Waals surface area contributed by atoms with Crippen molar-refractivity contribution in [2.75, 3.05) is 6.61 Å². The van der Waals surface area contributed by atoms with Gasteiger partial charge in [-0.15, -0.1) is 0 Å². The Morgan fingerprint density at radius 1 is 1.33 bits per heavy atom. The number of amidine groups is 1. The van der Waals surface area contributed by atoms with Gasteiger partial charge in [0.15, 0.2) is 16.7 Å². The molecular formula is C19H15IN2O4S. The summed E-state index contributed by atoms with van der Waals surface area (Å²) in [7, 11) is 0. The van der Waals surface area contributed by atoms with Gasteiger partial charge in [0, 0.05) is 5.56 Å². The third-order valence-electron chi connectivity index (χ3n) is 3.52. The number of aromatic hydroxyl groups is 1. The number of halogens is 1. The minimum Gasteiger partial charge on any atom is -0.504 e. The molecule has 0 atom stereocenters. The second kappa shape index (κ2) is 8.57. The van der Waals surface area contributed by atoms with Crippen LogP contribution in [0.15, 0.2) is 52.4 Å². The molecule has 1 aliphatic rings. The van der Waals surface area contributed by atoms with Crippen LogP contribution >= 0.6 is 34.4 Å². The predicted octanol–water partition coefficient (Wildman–Crippen LogP) is 3.80. The Labute approximate surface area is 173 Å². The number of benzene rings is 2. The number of rotatable bonds is 4. The Balaban J connectivity index is 1.83. The van der Waals surface area contributed by atoms with Gasteiger partial charge in [0.2, 0.25) is 0 Å². The third-order valence-corrected chi connectivity index (χ3v) is 5.26. The molecule has 8 heteroatoms. The first-order chi connectivity index (χ1) is 13.0. The number of carbonyl (C=O) groups is 2. The highest BCUT2D eigenvalue weighted by atomic mass is 127. The van der Waals surface area contributed by atoms with E-state index in [9.17, 15) is 14.7 Å². The first-order valence-electron chi connectivity index (χ1n) is 8.02. The lowest BCUT2D eigenvalue weighted by atomic mass is 10.2. The minimum absolute atomic E-state index is 0.0684. The van der Waals surface area contributed by atoms with Crippen molar-refractivity contribution in [1.29, 1.82) is 0 Å². The van der Waals surface area contributed by atoms with Gasteiger partial charge in [-0.25, -0.2) is 0 Å². The quantitative estimate of drug-likeness (QED) is 0.499. The molecular weight excluding hydrogens is 479 g/mol. The van der Waals surface area contributed by atoms with E-state index in [4.69, 9.17) is 4.74 Å². The normalized spacial score (nSPS) is 16.6. The van der Waals surface area contributed by atoms with E-state index in [0.717, 1.165) is 11.8 Å². The van der Waals surface area contributed by atoms with E-state index < -0.39 is 5.91 Å². The van der Waals surface area contributed by atoms with Gasteiger partial charge in [0.05, 0.1) is 15.1 Å². The zero-order chi connectivity index (χ0) is 19.4. The number of phenolic OH excluding ortho intramolecular Hbond substituents is 1. The number of aliphatic imine (C=N–C) groups is 1.